The van der Waals surface area contributed by atoms with Crippen molar-refractivity contribution in [1.29, 1.82) is 0 Å². The molecule has 5 nitrogen and oxygen atoms in total. The number of hydrogen-bond donors (Lipinski definition) is 3. The largest absolute Gasteiger partial charge is 0.366 e. The molecule has 0 bridgehead atoms. The molecule has 0 radical (unpaired) electrons. The fourth-order valence-electron chi connectivity index (χ4n) is 1.46. The Balaban J connectivity index is 2.82. The SMILES string of the molecule is CNCC(C)C(=O)Nc1ccc(Cl)c(C(N)=O)c1. The molecule has 0 spiro atoms. The van der Waals surface area contributed by atoms with Gasteiger partial charge < -0.3 is 16.4 Å². The van der Waals surface area contributed by atoms with Gasteiger partial charge in [-0.25, -0.2) is 0 Å². The maximum Gasteiger partial charge on any atom is 0.250 e. The molecule has 0 aliphatic heterocycles. The summed E-state index contributed by atoms with van der Waals surface area (Å²) in [4.78, 5) is 22.9. The van der Waals surface area contributed by atoms with E-state index in [1.165, 1.54) is 12.1 Å². The van der Waals surface area contributed by atoms with Gasteiger partial charge in [0.1, 0.15) is 0 Å². The van der Waals surface area contributed by atoms with E-state index in [-0.39, 0.29) is 22.4 Å². The Hall–Kier alpha value is -1.59. The van der Waals surface area contributed by atoms with E-state index in [0.717, 1.165) is 0 Å². The first-order chi connectivity index (χ1) is 8.45. The van der Waals surface area contributed by atoms with Crippen LogP contribution in [0.3, 0.4) is 0 Å². The zero-order chi connectivity index (χ0) is 13.7. The lowest BCUT2D eigenvalue weighted by molar-refractivity contribution is -0.119. The Morgan fingerprint density at radius 3 is 2.67 bits per heavy atom. The second kappa shape index (κ2) is 6.37. The van der Waals surface area contributed by atoms with Gasteiger partial charge in [0, 0.05) is 18.2 Å². The van der Waals surface area contributed by atoms with E-state index in [1.807, 2.05) is 0 Å². The van der Waals surface area contributed by atoms with Crippen molar-refractivity contribution in [3.05, 3.63) is 28.8 Å². The number of primary amides is 1. The first-order valence-electron chi connectivity index (χ1n) is 5.50. The molecule has 0 saturated carbocycles. The molecule has 0 aliphatic rings. The maximum atomic E-state index is 11.8. The zero-order valence-corrected chi connectivity index (χ0v) is 11.0. The summed E-state index contributed by atoms with van der Waals surface area (Å²) in [6.07, 6.45) is 0. The third kappa shape index (κ3) is 3.72. The summed E-state index contributed by atoms with van der Waals surface area (Å²) in [5.41, 5.74) is 5.87. The van der Waals surface area contributed by atoms with Crippen molar-refractivity contribution in [2.75, 3.05) is 18.9 Å². The van der Waals surface area contributed by atoms with Gasteiger partial charge >= 0.3 is 0 Å². The standard InChI is InChI=1S/C12H16ClN3O2/c1-7(6-15-2)12(18)16-8-3-4-10(13)9(5-8)11(14)17/h3-5,7,15H,6H2,1-2H3,(H2,14,17)(H,16,18). The quantitative estimate of drug-likeness (QED) is 0.752. The van der Waals surface area contributed by atoms with Crippen LogP contribution < -0.4 is 16.4 Å². The lowest BCUT2D eigenvalue weighted by Gasteiger charge is -2.12. The summed E-state index contributed by atoms with van der Waals surface area (Å²) < 4.78 is 0. The Kier molecular flexibility index (Phi) is 5.12. The van der Waals surface area contributed by atoms with Crippen molar-refractivity contribution in [3.63, 3.8) is 0 Å². The monoisotopic (exact) mass is 269 g/mol. The lowest BCUT2D eigenvalue weighted by Crippen LogP contribution is -2.28. The van der Waals surface area contributed by atoms with Gasteiger partial charge in [-0.2, -0.15) is 0 Å². The molecule has 4 N–H and O–H groups in total. The number of carbonyl (C=O) groups is 2. The second-order valence-electron chi connectivity index (χ2n) is 4.01. The summed E-state index contributed by atoms with van der Waals surface area (Å²) in [5, 5.41) is 5.89. The number of anilines is 1. The molecule has 0 saturated heterocycles. The van der Waals surface area contributed by atoms with Crippen molar-refractivity contribution in [2.24, 2.45) is 11.7 Å². The number of nitrogens with two attached hydrogens (primary N) is 1. The van der Waals surface area contributed by atoms with Crippen molar-refractivity contribution in [1.82, 2.24) is 5.32 Å². The summed E-state index contributed by atoms with van der Waals surface area (Å²) in [6.45, 7) is 2.37. The smallest absolute Gasteiger partial charge is 0.250 e. The minimum absolute atomic E-state index is 0.137. The average Bonchev–Trinajstić information content (AvgIpc) is 2.31. The molecule has 0 aromatic heterocycles. The average molecular weight is 270 g/mol. The molecule has 98 valence electrons. The van der Waals surface area contributed by atoms with E-state index in [9.17, 15) is 9.59 Å². The van der Waals surface area contributed by atoms with Crippen molar-refractivity contribution in [3.8, 4) is 0 Å². The van der Waals surface area contributed by atoms with Crippen LogP contribution in [0.4, 0.5) is 5.69 Å². The number of benzene rings is 1. The Morgan fingerprint density at radius 2 is 2.11 bits per heavy atom. The van der Waals surface area contributed by atoms with Crippen LogP contribution >= 0.6 is 11.6 Å². The fourth-order valence-corrected chi connectivity index (χ4v) is 1.67. The number of rotatable bonds is 5. The molecule has 1 unspecified atom stereocenters. The summed E-state index contributed by atoms with van der Waals surface area (Å²) in [7, 11) is 1.78. The Bertz CT molecular complexity index is 463. The first kappa shape index (κ1) is 14.5. The van der Waals surface area contributed by atoms with Crippen LogP contribution in [0.1, 0.15) is 17.3 Å². The van der Waals surface area contributed by atoms with E-state index in [4.69, 9.17) is 17.3 Å². The number of hydrogen-bond acceptors (Lipinski definition) is 3. The highest BCUT2D eigenvalue weighted by Gasteiger charge is 2.13. The molecular weight excluding hydrogens is 254 g/mol. The second-order valence-corrected chi connectivity index (χ2v) is 4.41. The van der Waals surface area contributed by atoms with E-state index >= 15 is 0 Å². The maximum absolute atomic E-state index is 11.8. The number of carbonyl (C=O) groups excluding carboxylic acids is 2. The molecule has 18 heavy (non-hydrogen) atoms. The minimum Gasteiger partial charge on any atom is -0.366 e. The predicted octanol–water partition coefficient (Wildman–Crippen LogP) is 1.23. The van der Waals surface area contributed by atoms with Crippen molar-refractivity contribution >= 4 is 29.1 Å². The molecule has 0 heterocycles. The lowest BCUT2D eigenvalue weighted by atomic mass is 10.1. The van der Waals surface area contributed by atoms with E-state index in [1.54, 1.807) is 20.0 Å². The molecule has 0 aliphatic carbocycles. The van der Waals surface area contributed by atoms with Crippen LogP contribution in [0.5, 0.6) is 0 Å². The van der Waals surface area contributed by atoms with Crippen LogP contribution in [-0.4, -0.2) is 25.4 Å². The summed E-state index contributed by atoms with van der Waals surface area (Å²) >= 11 is 5.82. The Labute approximate surface area is 111 Å². The minimum atomic E-state index is -0.626. The highest BCUT2D eigenvalue weighted by atomic mass is 35.5. The number of halogens is 1. The fraction of sp³-hybridized carbons (Fsp3) is 0.333. The van der Waals surface area contributed by atoms with Crippen LogP contribution in [0.25, 0.3) is 0 Å². The molecule has 1 atom stereocenters. The third-order valence-electron chi connectivity index (χ3n) is 2.46. The number of nitrogens with one attached hydrogen (secondary N) is 2. The van der Waals surface area contributed by atoms with Gasteiger partial charge in [0.2, 0.25) is 11.8 Å². The van der Waals surface area contributed by atoms with Crippen LogP contribution in [0.15, 0.2) is 18.2 Å². The zero-order valence-electron chi connectivity index (χ0n) is 10.3. The van der Waals surface area contributed by atoms with Crippen LogP contribution in [-0.2, 0) is 4.79 Å². The predicted molar refractivity (Wildman–Crippen MR) is 71.7 cm³/mol. The van der Waals surface area contributed by atoms with E-state index in [2.05, 4.69) is 10.6 Å². The van der Waals surface area contributed by atoms with E-state index < -0.39 is 5.91 Å². The highest BCUT2D eigenvalue weighted by molar-refractivity contribution is 6.33. The van der Waals surface area contributed by atoms with Gasteiger partial charge in [0.05, 0.1) is 10.6 Å². The summed E-state index contributed by atoms with van der Waals surface area (Å²) in [6, 6.07) is 4.62. The first-order valence-corrected chi connectivity index (χ1v) is 5.88. The third-order valence-corrected chi connectivity index (χ3v) is 2.79. The molecule has 6 heteroatoms. The van der Waals surface area contributed by atoms with Crippen LogP contribution in [0.2, 0.25) is 5.02 Å². The van der Waals surface area contributed by atoms with E-state index in [0.29, 0.717) is 12.2 Å². The molecule has 2 amide bonds. The topological polar surface area (TPSA) is 84.2 Å². The highest BCUT2D eigenvalue weighted by Crippen LogP contribution is 2.20. The molecular formula is C12H16ClN3O2. The number of amides is 2. The van der Waals surface area contributed by atoms with Crippen molar-refractivity contribution < 1.29 is 9.59 Å². The normalized spacial score (nSPS) is 11.9. The van der Waals surface area contributed by atoms with Gasteiger partial charge in [-0.05, 0) is 25.2 Å². The summed E-state index contributed by atoms with van der Waals surface area (Å²) in [5.74, 6) is -0.941. The molecule has 0 fully saturated rings. The molecule has 1 rings (SSSR count). The van der Waals surface area contributed by atoms with Gasteiger partial charge in [0.15, 0.2) is 0 Å². The molecule has 1 aromatic carbocycles. The van der Waals surface area contributed by atoms with Gasteiger partial charge in [-0.15, -0.1) is 0 Å². The van der Waals surface area contributed by atoms with Gasteiger partial charge in [0.25, 0.3) is 0 Å². The Morgan fingerprint density at radius 1 is 1.44 bits per heavy atom. The van der Waals surface area contributed by atoms with Gasteiger partial charge in [-0.1, -0.05) is 18.5 Å². The van der Waals surface area contributed by atoms with Crippen LogP contribution in [0, 0.1) is 5.92 Å². The van der Waals surface area contributed by atoms with Crippen molar-refractivity contribution in [2.45, 2.75) is 6.92 Å². The van der Waals surface area contributed by atoms with Gasteiger partial charge in [-0.3, -0.25) is 9.59 Å². The molecule has 1 aromatic rings.